The normalized spacial score (nSPS) is 10.8. The predicted molar refractivity (Wildman–Crippen MR) is 85.6 cm³/mol. The molecule has 0 radical (unpaired) electrons. The summed E-state index contributed by atoms with van der Waals surface area (Å²) in [6.45, 7) is 4.07. The molecule has 0 aliphatic heterocycles. The third-order valence-electron chi connectivity index (χ3n) is 3.23. The maximum absolute atomic E-state index is 12.1. The number of amides is 1. The fourth-order valence-corrected chi connectivity index (χ4v) is 2.18. The topological polar surface area (TPSA) is 71.3 Å². The quantitative estimate of drug-likeness (QED) is 0.834. The van der Waals surface area contributed by atoms with Gasteiger partial charge in [0.1, 0.15) is 6.54 Å². The van der Waals surface area contributed by atoms with Crippen molar-refractivity contribution in [3.05, 3.63) is 59.4 Å². The Hall–Kier alpha value is -2.82. The summed E-state index contributed by atoms with van der Waals surface area (Å²) in [5, 5.41) is 11.5. The molecular weight excluding hydrogens is 280 g/mol. The molecule has 1 heterocycles. The van der Waals surface area contributed by atoms with Gasteiger partial charge in [0.25, 0.3) is 0 Å². The molecular formula is C17H18N2O3. The molecule has 0 spiro atoms. The fraction of sp³-hybridized carbons (Fsp3) is 0.176. The van der Waals surface area contributed by atoms with Crippen molar-refractivity contribution in [2.45, 2.75) is 20.4 Å². The van der Waals surface area contributed by atoms with Gasteiger partial charge >= 0.3 is 5.97 Å². The van der Waals surface area contributed by atoms with Gasteiger partial charge in [-0.15, -0.1) is 0 Å². The van der Waals surface area contributed by atoms with E-state index in [0.717, 1.165) is 22.9 Å². The Morgan fingerprint density at radius 1 is 1.27 bits per heavy atom. The van der Waals surface area contributed by atoms with Crippen LogP contribution in [0, 0.1) is 13.8 Å². The Balaban J connectivity index is 2.06. The number of hydrogen-bond acceptors (Lipinski definition) is 2. The number of carbonyl (C=O) groups is 2. The Morgan fingerprint density at radius 2 is 2.05 bits per heavy atom. The summed E-state index contributed by atoms with van der Waals surface area (Å²) in [4.78, 5) is 22.7. The second-order valence-electron chi connectivity index (χ2n) is 5.10. The molecule has 0 aliphatic carbocycles. The molecule has 1 aromatic heterocycles. The number of nitrogens with one attached hydrogen (secondary N) is 1. The van der Waals surface area contributed by atoms with E-state index in [1.54, 1.807) is 22.9 Å². The molecule has 114 valence electrons. The van der Waals surface area contributed by atoms with Crippen molar-refractivity contribution < 1.29 is 14.7 Å². The molecule has 2 rings (SSSR count). The lowest BCUT2D eigenvalue weighted by atomic mass is 10.1. The molecule has 0 atom stereocenters. The van der Waals surface area contributed by atoms with Crippen LogP contribution in [0.15, 0.2) is 42.6 Å². The van der Waals surface area contributed by atoms with Crippen molar-refractivity contribution in [3.63, 3.8) is 0 Å². The molecule has 0 aliphatic rings. The Morgan fingerprint density at radius 3 is 2.73 bits per heavy atom. The summed E-state index contributed by atoms with van der Waals surface area (Å²) >= 11 is 0. The lowest BCUT2D eigenvalue weighted by Gasteiger charge is -2.10. The summed E-state index contributed by atoms with van der Waals surface area (Å²) in [5.41, 5.74) is 3.59. The van der Waals surface area contributed by atoms with Crippen LogP contribution in [0.25, 0.3) is 6.08 Å². The third kappa shape index (κ3) is 4.09. The van der Waals surface area contributed by atoms with Gasteiger partial charge in [0.2, 0.25) is 5.91 Å². The van der Waals surface area contributed by atoms with Crippen molar-refractivity contribution in [2.75, 3.05) is 5.32 Å². The fourth-order valence-electron chi connectivity index (χ4n) is 2.18. The first-order chi connectivity index (χ1) is 10.5. The highest BCUT2D eigenvalue weighted by Gasteiger charge is 2.07. The largest absolute Gasteiger partial charge is 0.478 e. The molecule has 2 N–H and O–H groups in total. The van der Waals surface area contributed by atoms with Crippen molar-refractivity contribution >= 4 is 23.6 Å². The molecule has 5 nitrogen and oxygen atoms in total. The lowest BCUT2D eigenvalue weighted by Crippen LogP contribution is -2.19. The highest BCUT2D eigenvalue weighted by Crippen LogP contribution is 2.16. The highest BCUT2D eigenvalue weighted by molar-refractivity contribution is 5.91. The van der Waals surface area contributed by atoms with Crippen molar-refractivity contribution in [1.82, 2.24) is 4.57 Å². The van der Waals surface area contributed by atoms with Crippen LogP contribution < -0.4 is 5.32 Å². The van der Waals surface area contributed by atoms with Gasteiger partial charge in [-0.25, -0.2) is 4.79 Å². The Labute approximate surface area is 128 Å². The van der Waals surface area contributed by atoms with Crippen LogP contribution >= 0.6 is 0 Å². The number of aromatic nitrogens is 1. The number of anilines is 1. The van der Waals surface area contributed by atoms with E-state index in [2.05, 4.69) is 5.32 Å². The molecule has 22 heavy (non-hydrogen) atoms. The minimum absolute atomic E-state index is 0.125. The lowest BCUT2D eigenvalue weighted by molar-refractivity contribution is -0.131. The first-order valence-electron chi connectivity index (χ1n) is 6.89. The van der Waals surface area contributed by atoms with Crippen LogP contribution in [0.3, 0.4) is 0 Å². The van der Waals surface area contributed by atoms with E-state index in [1.807, 2.05) is 32.0 Å². The number of carboxylic acid groups (broad SMARTS) is 1. The molecule has 0 bridgehead atoms. The van der Waals surface area contributed by atoms with Crippen LogP contribution in [0.1, 0.15) is 16.8 Å². The molecule has 2 aromatic rings. The minimum atomic E-state index is -1.02. The van der Waals surface area contributed by atoms with Crippen LogP contribution in [0.5, 0.6) is 0 Å². The maximum atomic E-state index is 12.1. The van der Waals surface area contributed by atoms with Crippen LogP contribution in [-0.2, 0) is 16.1 Å². The summed E-state index contributed by atoms with van der Waals surface area (Å²) < 4.78 is 1.69. The van der Waals surface area contributed by atoms with E-state index in [4.69, 9.17) is 5.11 Å². The molecule has 0 saturated heterocycles. The van der Waals surface area contributed by atoms with Gasteiger partial charge in [-0.3, -0.25) is 4.79 Å². The zero-order valence-electron chi connectivity index (χ0n) is 12.5. The number of aryl methyl sites for hydroxylation is 2. The second-order valence-corrected chi connectivity index (χ2v) is 5.10. The van der Waals surface area contributed by atoms with E-state index in [1.165, 1.54) is 6.08 Å². The molecule has 0 fully saturated rings. The predicted octanol–water partition coefficient (Wildman–Crippen LogP) is 2.84. The van der Waals surface area contributed by atoms with Gasteiger partial charge in [0.15, 0.2) is 0 Å². The van der Waals surface area contributed by atoms with E-state index in [0.29, 0.717) is 5.69 Å². The third-order valence-corrected chi connectivity index (χ3v) is 3.23. The van der Waals surface area contributed by atoms with Crippen LogP contribution in [0.4, 0.5) is 5.69 Å². The van der Waals surface area contributed by atoms with E-state index < -0.39 is 5.97 Å². The smallest absolute Gasteiger partial charge is 0.328 e. The number of benzene rings is 1. The van der Waals surface area contributed by atoms with Crippen molar-refractivity contribution in [3.8, 4) is 0 Å². The zero-order chi connectivity index (χ0) is 16.1. The highest BCUT2D eigenvalue weighted by atomic mass is 16.4. The monoisotopic (exact) mass is 298 g/mol. The van der Waals surface area contributed by atoms with Crippen molar-refractivity contribution in [2.24, 2.45) is 0 Å². The van der Waals surface area contributed by atoms with Gasteiger partial charge in [0, 0.05) is 23.7 Å². The number of nitrogens with zero attached hydrogens (tertiary/aromatic N) is 1. The maximum Gasteiger partial charge on any atom is 0.328 e. The SMILES string of the molecule is Cc1ccc(NC(=O)Cn2cccc2/C=C/C(=O)O)c(C)c1. The van der Waals surface area contributed by atoms with E-state index >= 15 is 0 Å². The molecule has 1 amide bonds. The Bertz CT molecular complexity index is 729. The summed E-state index contributed by atoms with van der Waals surface area (Å²) in [7, 11) is 0. The molecule has 1 aromatic carbocycles. The molecule has 5 heteroatoms. The van der Waals surface area contributed by atoms with E-state index in [-0.39, 0.29) is 12.5 Å². The first-order valence-corrected chi connectivity index (χ1v) is 6.89. The van der Waals surface area contributed by atoms with Crippen molar-refractivity contribution in [1.29, 1.82) is 0 Å². The van der Waals surface area contributed by atoms with Gasteiger partial charge in [-0.2, -0.15) is 0 Å². The van der Waals surface area contributed by atoms with Gasteiger partial charge in [-0.1, -0.05) is 17.7 Å². The van der Waals surface area contributed by atoms with Crippen LogP contribution in [-0.4, -0.2) is 21.6 Å². The second kappa shape index (κ2) is 6.76. The van der Waals surface area contributed by atoms with Crippen LogP contribution in [0.2, 0.25) is 0 Å². The van der Waals surface area contributed by atoms with E-state index in [9.17, 15) is 9.59 Å². The number of rotatable bonds is 5. The summed E-state index contributed by atoms with van der Waals surface area (Å²) in [6, 6.07) is 9.35. The van der Waals surface area contributed by atoms with Gasteiger partial charge in [0.05, 0.1) is 0 Å². The van der Waals surface area contributed by atoms with Gasteiger partial charge < -0.3 is 15.0 Å². The molecule has 0 saturated carbocycles. The number of aliphatic carboxylic acids is 1. The standard InChI is InChI=1S/C17H18N2O3/c1-12-5-7-15(13(2)10-12)18-16(20)11-19-9-3-4-14(19)6-8-17(21)22/h3-10H,11H2,1-2H3,(H,18,20)(H,21,22)/b8-6+. The summed E-state index contributed by atoms with van der Waals surface area (Å²) in [6.07, 6.45) is 4.25. The first kappa shape index (κ1) is 15.6. The zero-order valence-corrected chi connectivity index (χ0v) is 12.5. The average Bonchev–Trinajstić information content (AvgIpc) is 2.87. The minimum Gasteiger partial charge on any atom is -0.478 e. The molecule has 0 unspecified atom stereocenters. The van der Waals surface area contributed by atoms with Gasteiger partial charge in [-0.05, 0) is 43.7 Å². The number of carboxylic acids is 1. The average molecular weight is 298 g/mol. The Kier molecular flexibility index (Phi) is 4.78. The number of hydrogen-bond donors (Lipinski definition) is 2. The number of carbonyl (C=O) groups excluding carboxylic acids is 1. The summed E-state index contributed by atoms with van der Waals surface area (Å²) in [5.74, 6) is -1.18.